The Hall–Kier alpha value is -3.15. The van der Waals surface area contributed by atoms with Crippen molar-refractivity contribution in [2.45, 2.75) is 6.92 Å². The van der Waals surface area contributed by atoms with E-state index >= 15 is 0 Å². The molecule has 3 rings (SSSR count). The normalized spacial score (nSPS) is 10.6. The van der Waals surface area contributed by atoms with Crippen molar-refractivity contribution in [3.8, 4) is 5.75 Å². The summed E-state index contributed by atoms with van der Waals surface area (Å²) >= 11 is 0. The largest absolute Gasteiger partial charge is 0.494 e. The molecule has 0 radical (unpaired) electrons. The Morgan fingerprint density at radius 3 is 2.62 bits per heavy atom. The molecule has 5 nitrogen and oxygen atoms in total. The summed E-state index contributed by atoms with van der Waals surface area (Å²) in [6.45, 7) is 2.31. The Labute approximate surface area is 136 Å². The van der Waals surface area contributed by atoms with Gasteiger partial charge in [0.05, 0.1) is 12.2 Å². The van der Waals surface area contributed by atoms with Gasteiger partial charge in [-0.15, -0.1) is 0 Å². The number of rotatable bonds is 4. The third-order valence-corrected chi connectivity index (χ3v) is 3.37. The zero-order valence-corrected chi connectivity index (χ0v) is 12.8. The molecule has 0 unspecified atom stereocenters. The van der Waals surface area contributed by atoms with Crippen LogP contribution in [0.2, 0.25) is 0 Å². The molecule has 0 saturated carbocycles. The monoisotopic (exact) mass is 327 g/mol. The first-order valence-electron chi connectivity index (χ1n) is 7.34. The molecule has 0 aliphatic heterocycles. The predicted molar refractivity (Wildman–Crippen MR) is 88.0 cm³/mol. The minimum atomic E-state index is -0.639. The van der Waals surface area contributed by atoms with Gasteiger partial charge in [-0.25, -0.2) is 9.18 Å². The first-order chi connectivity index (χ1) is 11.6. The molecule has 1 aromatic heterocycles. The third-order valence-electron chi connectivity index (χ3n) is 3.37. The number of ether oxygens (including phenoxy) is 1. The molecule has 1 heterocycles. The molecule has 3 aromatic rings. The maximum absolute atomic E-state index is 12.9. The van der Waals surface area contributed by atoms with E-state index < -0.39 is 17.3 Å². The smallest absolute Gasteiger partial charge is 0.337 e. The molecule has 24 heavy (non-hydrogen) atoms. The van der Waals surface area contributed by atoms with E-state index in [9.17, 15) is 14.0 Å². The van der Waals surface area contributed by atoms with E-state index in [1.807, 2.05) is 6.92 Å². The number of benzene rings is 2. The summed E-state index contributed by atoms with van der Waals surface area (Å²) in [6.07, 6.45) is 0. The second-order valence-corrected chi connectivity index (χ2v) is 5.03. The van der Waals surface area contributed by atoms with Crippen molar-refractivity contribution in [1.82, 2.24) is 0 Å². The van der Waals surface area contributed by atoms with Crippen LogP contribution in [0.15, 0.2) is 57.7 Å². The van der Waals surface area contributed by atoms with Gasteiger partial charge in [-0.05, 0) is 43.3 Å². The van der Waals surface area contributed by atoms with E-state index in [0.29, 0.717) is 23.4 Å². The molecule has 0 aliphatic carbocycles. The second kappa shape index (κ2) is 6.54. The summed E-state index contributed by atoms with van der Waals surface area (Å²) in [6, 6.07) is 11.4. The van der Waals surface area contributed by atoms with Crippen LogP contribution in [0.25, 0.3) is 11.0 Å². The van der Waals surface area contributed by atoms with Crippen LogP contribution in [0.5, 0.6) is 5.75 Å². The highest BCUT2D eigenvalue weighted by Gasteiger charge is 2.14. The first-order valence-corrected chi connectivity index (χ1v) is 7.34. The van der Waals surface area contributed by atoms with Crippen LogP contribution in [-0.4, -0.2) is 12.5 Å². The van der Waals surface area contributed by atoms with Gasteiger partial charge in [-0.1, -0.05) is 0 Å². The Kier molecular flexibility index (Phi) is 4.29. The van der Waals surface area contributed by atoms with E-state index in [-0.39, 0.29) is 11.1 Å². The molecule has 1 amide bonds. The molecule has 0 atom stereocenters. The van der Waals surface area contributed by atoms with Crippen molar-refractivity contribution in [3.05, 3.63) is 70.3 Å². The predicted octanol–water partition coefficient (Wildman–Crippen LogP) is 3.58. The Morgan fingerprint density at radius 1 is 1.17 bits per heavy atom. The fourth-order valence-corrected chi connectivity index (χ4v) is 2.32. The maximum Gasteiger partial charge on any atom is 0.337 e. The number of nitrogens with one attached hydrogen (secondary N) is 1. The lowest BCUT2D eigenvalue weighted by Gasteiger charge is -2.08. The zero-order valence-electron chi connectivity index (χ0n) is 12.8. The maximum atomic E-state index is 12.9. The summed E-state index contributed by atoms with van der Waals surface area (Å²) in [5.74, 6) is -0.338. The highest BCUT2D eigenvalue weighted by Crippen LogP contribution is 2.23. The van der Waals surface area contributed by atoms with Gasteiger partial charge >= 0.3 is 5.63 Å². The fourth-order valence-electron chi connectivity index (χ4n) is 2.32. The summed E-state index contributed by atoms with van der Waals surface area (Å²) in [4.78, 5) is 24.2. The standard InChI is InChI=1S/C18H14FNO4/c1-2-23-13-7-8-14-15(10-17(21)24-16(14)9-13)18(22)20-12-5-3-11(19)4-6-12/h3-10H,2H2,1H3,(H,20,22). The van der Waals surface area contributed by atoms with Crippen LogP contribution in [0.4, 0.5) is 10.1 Å². The average Bonchev–Trinajstić information content (AvgIpc) is 2.56. The topological polar surface area (TPSA) is 68.5 Å². The minimum absolute atomic E-state index is 0.175. The van der Waals surface area contributed by atoms with Crippen LogP contribution < -0.4 is 15.7 Å². The lowest BCUT2D eigenvalue weighted by atomic mass is 10.1. The molecule has 0 aliphatic rings. The Morgan fingerprint density at radius 2 is 1.92 bits per heavy atom. The van der Waals surface area contributed by atoms with Gasteiger partial charge in [0.1, 0.15) is 17.1 Å². The van der Waals surface area contributed by atoms with Crippen molar-refractivity contribution in [2.75, 3.05) is 11.9 Å². The Bertz CT molecular complexity index is 947. The van der Waals surface area contributed by atoms with Crippen molar-refractivity contribution >= 4 is 22.6 Å². The van der Waals surface area contributed by atoms with E-state index in [0.717, 1.165) is 6.07 Å². The molecule has 0 saturated heterocycles. The third kappa shape index (κ3) is 3.27. The molecular weight excluding hydrogens is 313 g/mol. The minimum Gasteiger partial charge on any atom is -0.494 e. The summed E-state index contributed by atoms with van der Waals surface area (Å²) < 4.78 is 23.4. The molecule has 0 fully saturated rings. The SMILES string of the molecule is CCOc1ccc2c(C(=O)Nc3ccc(F)cc3)cc(=O)oc2c1. The van der Waals surface area contributed by atoms with Crippen LogP contribution >= 0.6 is 0 Å². The molecule has 0 bridgehead atoms. The fraction of sp³-hybridized carbons (Fsp3) is 0.111. The summed E-state index contributed by atoms with van der Waals surface area (Å²) in [5.41, 5.74) is 0.223. The number of fused-ring (bicyclic) bond motifs is 1. The number of carbonyl (C=O) groups is 1. The zero-order chi connectivity index (χ0) is 17.1. The van der Waals surface area contributed by atoms with Gasteiger partial charge in [0, 0.05) is 23.2 Å². The number of anilines is 1. The van der Waals surface area contributed by atoms with Crippen molar-refractivity contribution in [3.63, 3.8) is 0 Å². The molecule has 6 heteroatoms. The van der Waals surface area contributed by atoms with Crippen LogP contribution in [0, 0.1) is 5.82 Å². The van der Waals surface area contributed by atoms with Crippen molar-refractivity contribution in [2.24, 2.45) is 0 Å². The summed E-state index contributed by atoms with van der Waals surface area (Å²) in [5, 5.41) is 3.11. The number of hydrogen-bond acceptors (Lipinski definition) is 4. The van der Waals surface area contributed by atoms with Crippen molar-refractivity contribution in [1.29, 1.82) is 0 Å². The van der Waals surface area contributed by atoms with Gasteiger partial charge in [-0.3, -0.25) is 4.79 Å². The van der Waals surface area contributed by atoms with Crippen LogP contribution in [0.1, 0.15) is 17.3 Å². The van der Waals surface area contributed by atoms with Gasteiger partial charge < -0.3 is 14.5 Å². The number of hydrogen-bond donors (Lipinski definition) is 1. The highest BCUT2D eigenvalue weighted by atomic mass is 19.1. The van der Waals surface area contributed by atoms with Gasteiger partial charge in [0.15, 0.2) is 0 Å². The number of amides is 1. The van der Waals surface area contributed by atoms with Crippen LogP contribution in [-0.2, 0) is 0 Å². The molecule has 0 spiro atoms. The van der Waals surface area contributed by atoms with E-state index in [2.05, 4.69) is 5.32 Å². The van der Waals surface area contributed by atoms with E-state index in [4.69, 9.17) is 9.15 Å². The second-order valence-electron chi connectivity index (χ2n) is 5.03. The van der Waals surface area contributed by atoms with Crippen LogP contribution in [0.3, 0.4) is 0 Å². The molecule has 1 N–H and O–H groups in total. The average molecular weight is 327 g/mol. The molecule has 122 valence electrons. The van der Waals surface area contributed by atoms with E-state index in [1.54, 1.807) is 18.2 Å². The highest BCUT2D eigenvalue weighted by molar-refractivity contribution is 6.12. The lowest BCUT2D eigenvalue weighted by molar-refractivity contribution is 0.102. The van der Waals surface area contributed by atoms with Gasteiger partial charge in [0.2, 0.25) is 0 Å². The Balaban J connectivity index is 1.99. The number of halogens is 1. The summed E-state index contributed by atoms with van der Waals surface area (Å²) in [7, 11) is 0. The van der Waals surface area contributed by atoms with Crippen molar-refractivity contribution < 1.29 is 18.3 Å². The molecular formula is C18H14FNO4. The van der Waals surface area contributed by atoms with Gasteiger partial charge in [-0.2, -0.15) is 0 Å². The number of carbonyl (C=O) groups excluding carboxylic acids is 1. The lowest BCUT2D eigenvalue weighted by Crippen LogP contribution is -2.15. The van der Waals surface area contributed by atoms with Gasteiger partial charge in [0.25, 0.3) is 5.91 Å². The quantitative estimate of drug-likeness (QED) is 0.744. The first kappa shape index (κ1) is 15.7. The van der Waals surface area contributed by atoms with E-state index in [1.165, 1.54) is 24.3 Å². The molecule has 2 aromatic carbocycles.